The van der Waals surface area contributed by atoms with Gasteiger partial charge in [-0.05, 0) is 132 Å². The Balaban J connectivity index is 1.14. The highest BCUT2D eigenvalue weighted by Crippen LogP contribution is 2.59. The fourth-order valence-electron chi connectivity index (χ4n) is 11.5. The van der Waals surface area contributed by atoms with Gasteiger partial charge in [-0.15, -0.1) is 0 Å². The van der Waals surface area contributed by atoms with Crippen LogP contribution < -0.4 is 0 Å². The largest absolute Gasteiger partial charge is 0.278 e. The molecule has 74 heavy (non-hydrogen) atoms. The minimum absolute atomic E-state index is 0.555. The van der Waals surface area contributed by atoms with Crippen LogP contribution in [0.5, 0.6) is 0 Å². The summed E-state index contributed by atoms with van der Waals surface area (Å²) < 4.78 is 2.27. The zero-order valence-corrected chi connectivity index (χ0v) is 40.3. The summed E-state index contributed by atoms with van der Waals surface area (Å²) in [5.74, 6) is 1.78. The maximum absolute atomic E-state index is 5.38. The van der Waals surface area contributed by atoms with E-state index in [9.17, 15) is 0 Å². The average molecular weight is 943 g/mol. The molecule has 14 rings (SSSR count). The summed E-state index contributed by atoms with van der Waals surface area (Å²) in [5.41, 5.74) is 19.4. The highest BCUT2D eigenvalue weighted by Gasteiger charge is 2.47. The Bertz CT molecular complexity index is 3910. The molecule has 0 bridgehead atoms. The SMILES string of the molecule is c1ccc(-c2cc(-c3ccccc3)cc(C3(c4cc(-c5ccccc5)cc(-c5ccccc5)c4)c4ccccc4-c4cc5c6ccccc6n(-c6nc(-c7ccccc7)nc(-c7ccccc7)n6)c5cc43)c2)cc1. The molecule has 4 heteroatoms. The van der Waals surface area contributed by atoms with Gasteiger partial charge in [-0.1, -0.05) is 224 Å². The van der Waals surface area contributed by atoms with Crippen molar-refractivity contribution in [3.63, 3.8) is 0 Å². The molecule has 0 N–H and O–H groups in total. The molecule has 0 spiro atoms. The first-order valence-corrected chi connectivity index (χ1v) is 25.3. The van der Waals surface area contributed by atoms with Gasteiger partial charge in [0.25, 0.3) is 0 Å². The number of hydrogen-bond acceptors (Lipinski definition) is 3. The standard InChI is InChI=1S/C70H46N4/c1-7-23-47(24-8-1)53-39-54(48-25-9-2-10-26-48)42-57(41-53)70(58-43-55(49-27-11-3-12-28-49)40-56(44-58)50-29-13-4-14-30-50)63-37-21-19-35-59(63)61-45-62-60-36-20-22-38-65(60)74(66(62)46-64(61)70)69-72-67(51-31-15-5-16-32-51)71-68(73-69)52-33-17-6-18-34-52/h1-46H. The van der Waals surface area contributed by atoms with Gasteiger partial charge in [-0.25, -0.2) is 4.98 Å². The van der Waals surface area contributed by atoms with Crippen LogP contribution in [0.2, 0.25) is 0 Å². The van der Waals surface area contributed by atoms with Crippen molar-refractivity contribution < 1.29 is 0 Å². The van der Waals surface area contributed by atoms with Crippen LogP contribution in [0.15, 0.2) is 279 Å². The molecule has 0 unspecified atom stereocenters. The minimum atomic E-state index is -0.840. The molecule has 2 aromatic heterocycles. The molecule has 2 heterocycles. The van der Waals surface area contributed by atoms with Crippen molar-refractivity contribution in [2.45, 2.75) is 5.41 Å². The molecule has 0 fully saturated rings. The van der Waals surface area contributed by atoms with Crippen molar-refractivity contribution in [1.29, 1.82) is 0 Å². The van der Waals surface area contributed by atoms with Crippen LogP contribution in [0, 0.1) is 0 Å². The number of para-hydroxylation sites is 1. The van der Waals surface area contributed by atoms with E-state index in [0.29, 0.717) is 17.6 Å². The third kappa shape index (κ3) is 7.18. The Hall–Kier alpha value is -9.77. The Morgan fingerprint density at radius 1 is 0.257 bits per heavy atom. The summed E-state index contributed by atoms with van der Waals surface area (Å²) in [4.78, 5) is 15.9. The molecule has 0 amide bonds. The summed E-state index contributed by atoms with van der Waals surface area (Å²) in [6.45, 7) is 0. The maximum atomic E-state index is 5.38. The lowest BCUT2D eigenvalue weighted by Crippen LogP contribution is -2.29. The van der Waals surface area contributed by atoms with Gasteiger partial charge in [-0.2, -0.15) is 9.97 Å². The average Bonchev–Trinajstić information content (AvgIpc) is 4.07. The van der Waals surface area contributed by atoms with Crippen molar-refractivity contribution >= 4 is 21.8 Å². The second-order valence-corrected chi connectivity index (χ2v) is 19.1. The third-order valence-corrected chi connectivity index (χ3v) is 14.9. The van der Waals surface area contributed by atoms with Crippen LogP contribution in [0.4, 0.5) is 0 Å². The van der Waals surface area contributed by atoms with Crippen molar-refractivity contribution in [2.24, 2.45) is 0 Å². The number of fused-ring (bicyclic) bond motifs is 6. The molecule has 1 aliphatic rings. The number of benzene rings is 11. The first-order chi connectivity index (χ1) is 36.7. The lowest BCUT2D eigenvalue weighted by atomic mass is 9.66. The highest BCUT2D eigenvalue weighted by atomic mass is 15.2. The quantitative estimate of drug-likeness (QED) is 0.145. The monoisotopic (exact) mass is 942 g/mol. The maximum Gasteiger partial charge on any atom is 0.238 e. The van der Waals surface area contributed by atoms with E-state index in [4.69, 9.17) is 15.0 Å². The van der Waals surface area contributed by atoms with E-state index >= 15 is 0 Å². The van der Waals surface area contributed by atoms with Gasteiger partial charge < -0.3 is 0 Å². The molecule has 0 radical (unpaired) electrons. The summed E-state index contributed by atoms with van der Waals surface area (Å²) in [5, 5.41) is 2.25. The van der Waals surface area contributed by atoms with Crippen molar-refractivity contribution in [2.75, 3.05) is 0 Å². The van der Waals surface area contributed by atoms with Crippen molar-refractivity contribution in [1.82, 2.24) is 19.5 Å². The summed E-state index contributed by atoms with van der Waals surface area (Å²) in [6.07, 6.45) is 0. The smallest absolute Gasteiger partial charge is 0.238 e. The summed E-state index contributed by atoms with van der Waals surface area (Å²) >= 11 is 0. The number of rotatable bonds is 9. The van der Waals surface area contributed by atoms with Gasteiger partial charge in [-0.3, -0.25) is 4.57 Å². The van der Waals surface area contributed by atoms with Crippen LogP contribution in [0.1, 0.15) is 22.3 Å². The second-order valence-electron chi connectivity index (χ2n) is 19.1. The number of aromatic nitrogens is 4. The molecule has 0 aliphatic heterocycles. The van der Waals surface area contributed by atoms with E-state index < -0.39 is 5.41 Å². The Kier molecular flexibility index (Phi) is 10.4. The Morgan fingerprint density at radius 3 is 1.11 bits per heavy atom. The van der Waals surface area contributed by atoms with E-state index in [-0.39, 0.29) is 0 Å². The van der Waals surface area contributed by atoms with E-state index in [1.807, 2.05) is 36.4 Å². The Morgan fingerprint density at radius 2 is 0.649 bits per heavy atom. The fraction of sp³-hybridized carbons (Fsp3) is 0.0143. The molecule has 11 aromatic carbocycles. The number of nitrogens with zero attached hydrogens (tertiary/aromatic N) is 4. The van der Waals surface area contributed by atoms with Gasteiger partial charge in [0.05, 0.1) is 16.4 Å². The molecule has 1 aliphatic carbocycles. The molecular weight excluding hydrogens is 897 g/mol. The molecule has 4 nitrogen and oxygen atoms in total. The van der Waals surface area contributed by atoms with Crippen molar-refractivity contribution in [3.05, 3.63) is 301 Å². The normalized spacial score (nSPS) is 12.4. The molecule has 0 saturated heterocycles. The van der Waals surface area contributed by atoms with Crippen LogP contribution in [0.3, 0.4) is 0 Å². The molecule has 0 saturated carbocycles. The second kappa shape index (κ2) is 17.8. The lowest BCUT2D eigenvalue weighted by molar-refractivity contribution is 0.770. The van der Waals surface area contributed by atoms with Crippen LogP contribution >= 0.6 is 0 Å². The first-order valence-electron chi connectivity index (χ1n) is 25.3. The zero-order chi connectivity index (χ0) is 49.0. The van der Waals surface area contributed by atoms with Gasteiger partial charge in [0.2, 0.25) is 5.95 Å². The third-order valence-electron chi connectivity index (χ3n) is 14.9. The highest BCUT2D eigenvalue weighted by molar-refractivity contribution is 6.12. The van der Waals surface area contributed by atoms with Crippen LogP contribution in [-0.2, 0) is 5.41 Å². The molecular formula is C70H46N4. The molecule has 13 aromatic rings. The molecule has 0 atom stereocenters. The molecule has 346 valence electrons. The predicted molar refractivity (Wildman–Crippen MR) is 304 cm³/mol. The van der Waals surface area contributed by atoms with E-state index in [2.05, 4.69) is 247 Å². The van der Waals surface area contributed by atoms with E-state index in [1.165, 1.54) is 33.4 Å². The fourth-order valence-corrected chi connectivity index (χ4v) is 11.5. The first kappa shape index (κ1) is 43.1. The van der Waals surface area contributed by atoms with E-state index in [1.54, 1.807) is 0 Å². The van der Waals surface area contributed by atoms with E-state index in [0.717, 1.165) is 77.4 Å². The van der Waals surface area contributed by atoms with Gasteiger partial charge in [0.15, 0.2) is 11.6 Å². The van der Waals surface area contributed by atoms with Gasteiger partial charge in [0, 0.05) is 21.9 Å². The van der Waals surface area contributed by atoms with Crippen molar-refractivity contribution in [3.8, 4) is 84.4 Å². The minimum Gasteiger partial charge on any atom is -0.278 e. The summed E-state index contributed by atoms with van der Waals surface area (Å²) in [7, 11) is 0. The Labute approximate surface area is 430 Å². The topological polar surface area (TPSA) is 43.6 Å². The zero-order valence-electron chi connectivity index (χ0n) is 40.3. The van der Waals surface area contributed by atoms with Gasteiger partial charge in [0.1, 0.15) is 0 Å². The van der Waals surface area contributed by atoms with Crippen LogP contribution in [-0.4, -0.2) is 19.5 Å². The number of hydrogen-bond donors (Lipinski definition) is 0. The lowest BCUT2D eigenvalue weighted by Gasteiger charge is -2.35. The van der Waals surface area contributed by atoms with Gasteiger partial charge >= 0.3 is 0 Å². The predicted octanol–water partition coefficient (Wildman–Crippen LogP) is 17.3. The van der Waals surface area contributed by atoms with Crippen LogP contribution in [0.25, 0.3) is 106 Å². The summed E-state index contributed by atoms with van der Waals surface area (Å²) in [6, 6.07) is 101.